The lowest BCUT2D eigenvalue weighted by Gasteiger charge is -2.17. The zero-order chi connectivity index (χ0) is 15.4. The van der Waals surface area contributed by atoms with Gasteiger partial charge in [-0.15, -0.1) is 0 Å². The summed E-state index contributed by atoms with van der Waals surface area (Å²) in [6.07, 6.45) is 3.60. The van der Waals surface area contributed by atoms with Crippen molar-refractivity contribution in [3.05, 3.63) is 53.4 Å². The molecule has 0 saturated heterocycles. The third kappa shape index (κ3) is 3.57. The van der Waals surface area contributed by atoms with Gasteiger partial charge in [-0.1, -0.05) is 17.3 Å². The van der Waals surface area contributed by atoms with Gasteiger partial charge in [-0.2, -0.15) is 0 Å². The minimum Gasteiger partial charge on any atom is -0.409 e. The molecule has 0 bridgehead atoms. The minimum atomic E-state index is -0.384. The molecular weight excluding hydrogens is 273 g/mol. The lowest BCUT2D eigenvalue weighted by atomic mass is 10.1. The maximum atomic E-state index is 14.0. The number of imidazole rings is 1. The van der Waals surface area contributed by atoms with Gasteiger partial charge in [0, 0.05) is 37.1 Å². The average Bonchev–Trinajstić information content (AvgIpc) is 2.85. The summed E-state index contributed by atoms with van der Waals surface area (Å²) in [6, 6.07) is 4.53. The first-order valence-corrected chi connectivity index (χ1v) is 6.42. The van der Waals surface area contributed by atoms with Gasteiger partial charge in [-0.25, -0.2) is 9.37 Å². The highest BCUT2D eigenvalue weighted by molar-refractivity contribution is 5.97. The zero-order valence-corrected chi connectivity index (χ0v) is 12.0. The van der Waals surface area contributed by atoms with E-state index in [0.717, 1.165) is 5.82 Å². The van der Waals surface area contributed by atoms with Crippen molar-refractivity contribution in [3.63, 3.8) is 0 Å². The van der Waals surface area contributed by atoms with Crippen molar-refractivity contribution >= 4 is 5.84 Å². The SMILES string of the molecule is CN(Cc1ccc(C(N)=NO)cc1F)Cc1nccn1C. The Labute approximate surface area is 122 Å². The van der Waals surface area contributed by atoms with E-state index < -0.39 is 0 Å². The molecule has 2 rings (SSSR count). The molecule has 0 aliphatic rings. The van der Waals surface area contributed by atoms with E-state index in [-0.39, 0.29) is 11.7 Å². The number of aryl methyl sites for hydroxylation is 1. The van der Waals surface area contributed by atoms with E-state index in [1.165, 1.54) is 6.07 Å². The maximum absolute atomic E-state index is 14.0. The van der Waals surface area contributed by atoms with Gasteiger partial charge in [0.25, 0.3) is 0 Å². The zero-order valence-electron chi connectivity index (χ0n) is 12.0. The van der Waals surface area contributed by atoms with E-state index >= 15 is 0 Å². The summed E-state index contributed by atoms with van der Waals surface area (Å²) in [5.41, 5.74) is 6.33. The van der Waals surface area contributed by atoms with Crippen LogP contribution < -0.4 is 5.73 Å². The Balaban J connectivity index is 2.07. The molecule has 2 aromatic rings. The predicted molar refractivity (Wildman–Crippen MR) is 77.3 cm³/mol. The second-order valence-corrected chi connectivity index (χ2v) is 4.92. The summed E-state index contributed by atoms with van der Waals surface area (Å²) in [6.45, 7) is 1.06. The van der Waals surface area contributed by atoms with Crippen molar-refractivity contribution in [3.8, 4) is 0 Å². The number of amidine groups is 1. The average molecular weight is 291 g/mol. The molecule has 21 heavy (non-hydrogen) atoms. The van der Waals surface area contributed by atoms with E-state index in [0.29, 0.717) is 24.2 Å². The number of rotatable bonds is 5. The topological polar surface area (TPSA) is 79.7 Å². The monoisotopic (exact) mass is 291 g/mol. The molecule has 0 aliphatic carbocycles. The van der Waals surface area contributed by atoms with Gasteiger partial charge in [-0.05, 0) is 13.1 Å². The molecule has 112 valence electrons. The molecule has 3 N–H and O–H groups in total. The summed E-state index contributed by atoms with van der Waals surface area (Å²) in [7, 11) is 3.81. The number of halogens is 1. The summed E-state index contributed by atoms with van der Waals surface area (Å²) < 4.78 is 16.0. The highest BCUT2D eigenvalue weighted by atomic mass is 19.1. The Kier molecular flexibility index (Phi) is 4.54. The number of oxime groups is 1. The molecule has 0 radical (unpaired) electrons. The Morgan fingerprint density at radius 2 is 2.24 bits per heavy atom. The Bertz CT molecular complexity index is 653. The summed E-state index contributed by atoms with van der Waals surface area (Å²) >= 11 is 0. The van der Waals surface area contributed by atoms with Crippen LogP contribution in [0.5, 0.6) is 0 Å². The largest absolute Gasteiger partial charge is 0.409 e. The minimum absolute atomic E-state index is 0.109. The van der Waals surface area contributed by atoms with Crippen LogP contribution in [-0.4, -0.2) is 32.5 Å². The number of hydrogen-bond acceptors (Lipinski definition) is 4. The van der Waals surface area contributed by atoms with E-state index in [1.807, 2.05) is 29.8 Å². The Morgan fingerprint density at radius 1 is 1.48 bits per heavy atom. The molecule has 0 fully saturated rings. The molecule has 6 nitrogen and oxygen atoms in total. The molecule has 1 aromatic carbocycles. The first-order valence-electron chi connectivity index (χ1n) is 6.42. The van der Waals surface area contributed by atoms with Crippen LogP contribution in [0.1, 0.15) is 17.0 Å². The molecule has 1 aromatic heterocycles. The Morgan fingerprint density at radius 3 is 2.81 bits per heavy atom. The van der Waals surface area contributed by atoms with Crippen LogP contribution in [-0.2, 0) is 20.1 Å². The fourth-order valence-corrected chi connectivity index (χ4v) is 2.03. The van der Waals surface area contributed by atoms with Crippen LogP contribution in [0.25, 0.3) is 0 Å². The summed E-state index contributed by atoms with van der Waals surface area (Å²) in [5, 5.41) is 11.4. The molecule has 1 heterocycles. The van der Waals surface area contributed by atoms with Crippen molar-refractivity contribution < 1.29 is 9.60 Å². The molecule has 7 heteroatoms. The summed E-state index contributed by atoms with van der Waals surface area (Å²) in [4.78, 5) is 6.20. The molecule has 0 unspecified atom stereocenters. The van der Waals surface area contributed by atoms with E-state index in [2.05, 4.69) is 10.1 Å². The van der Waals surface area contributed by atoms with Crippen molar-refractivity contribution in [2.24, 2.45) is 17.9 Å². The van der Waals surface area contributed by atoms with Gasteiger partial charge in [0.15, 0.2) is 5.84 Å². The van der Waals surface area contributed by atoms with Crippen molar-refractivity contribution in [2.75, 3.05) is 7.05 Å². The van der Waals surface area contributed by atoms with Crippen LogP contribution in [0.4, 0.5) is 4.39 Å². The molecule has 0 atom stereocenters. The van der Waals surface area contributed by atoms with Crippen LogP contribution in [0, 0.1) is 5.82 Å². The van der Waals surface area contributed by atoms with Crippen molar-refractivity contribution in [1.29, 1.82) is 0 Å². The highest BCUT2D eigenvalue weighted by Gasteiger charge is 2.10. The van der Waals surface area contributed by atoms with Crippen LogP contribution in [0.3, 0.4) is 0 Å². The number of nitrogens with zero attached hydrogens (tertiary/aromatic N) is 4. The fourth-order valence-electron chi connectivity index (χ4n) is 2.03. The van der Waals surface area contributed by atoms with Crippen molar-refractivity contribution in [2.45, 2.75) is 13.1 Å². The standard InChI is InChI=1S/C14H18FN5O/c1-19(9-13-17-5-6-20(13)2)8-11-4-3-10(7-12(11)15)14(16)18-21/h3-7,21H,8-9H2,1-2H3,(H2,16,18). The number of hydrogen-bond donors (Lipinski definition) is 2. The normalized spacial score (nSPS) is 12.1. The third-order valence-electron chi connectivity index (χ3n) is 3.23. The Hall–Kier alpha value is -2.41. The van der Waals surface area contributed by atoms with Crippen LogP contribution >= 0.6 is 0 Å². The molecular formula is C14H18FN5O. The summed E-state index contributed by atoms with van der Waals surface area (Å²) in [5.74, 6) is 0.416. The molecule has 0 saturated carbocycles. The van der Waals surface area contributed by atoms with Gasteiger partial charge in [-0.3, -0.25) is 4.90 Å². The van der Waals surface area contributed by atoms with Crippen LogP contribution in [0.2, 0.25) is 0 Å². The fraction of sp³-hybridized carbons (Fsp3) is 0.286. The first-order chi connectivity index (χ1) is 10.0. The number of benzene rings is 1. The molecule has 0 aliphatic heterocycles. The van der Waals surface area contributed by atoms with Gasteiger partial charge in [0.1, 0.15) is 11.6 Å². The third-order valence-corrected chi connectivity index (χ3v) is 3.23. The second kappa shape index (κ2) is 6.36. The van der Waals surface area contributed by atoms with E-state index in [9.17, 15) is 4.39 Å². The van der Waals surface area contributed by atoms with Crippen LogP contribution in [0.15, 0.2) is 35.7 Å². The van der Waals surface area contributed by atoms with Crippen molar-refractivity contribution in [1.82, 2.24) is 14.5 Å². The van der Waals surface area contributed by atoms with Gasteiger partial charge in [0.05, 0.1) is 6.54 Å². The maximum Gasteiger partial charge on any atom is 0.170 e. The molecule has 0 amide bonds. The highest BCUT2D eigenvalue weighted by Crippen LogP contribution is 2.13. The number of aromatic nitrogens is 2. The van der Waals surface area contributed by atoms with Gasteiger partial charge < -0.3 is 15.5 Å². The first kappa shape index (κ1) is 15.0. The molecule has 0 spiro atoms. The van der Waals surface area contributed by atoms with Gasteiger partial charge in [0.2, 0.25) is 0 Å². The van der Waals surface area contributed by atoms with E-state index in [1.54, 1.807) is 18.3 Å². The lowest BCUT2D eigenvalue weighted by molar-refractivity contribution is 0.302. The van der Waals surface area contributed by atoms with E-state index in [4.69, 9.17) is 10.9 Å². The smallest absolute Gasteiger partial charge is 0.170 e. The second-order valence-electron chi connectivity index (χ2n) is 4.92. The lowest BCUT2D eigenvalue weighted by Crippen LogP contribution is -2.20. The predicted octanol–water partition coefficient (Wildman–Crippen LogP) is 1.29. The quantitative estimate of drug-likeness (QED) is 0.376. The number of nitrogens with two attached hydrogens (primary N) is 1. The van der Waals surface area contributed by atoms with Gasteiger partial charge >= 0.3 is 0 Å².